The zero-order valence-electron chi connectivity index (χ0n) is 12.3. The molecule has 1 N–H and O–H groups in total. The Kier molecular flexibility index (Phi) is 4.31. The van der Waals surface area contributed by atoms with Crippen LogP contribution in [0.25, 0.3) is 0 Å². The van der Waals surface area contributed by atoms with Gasteiger partial charge in [-0.15, -0.1) is 0 Å². The Morgan fingerprint density at radius 3 is 2.00 bits per heavy atom. The van der Waals surface area contributed by atoms with E-state index in [4.69, 9.17) is 0 Å². The van der Waals surface area contributed by atoms with Crippen molar-refractivity contribution in [2.45, 2.75) is 58.0 Å². The third-order valence-corrected chi connectivity index (χ3v) is 4.10. The molecule has 1 atom stereocenters. The molecule has 0 spiro atoms. The fraction of sp³-hybridized carbons (Fsp3) is 0.933. The number of carbonyl (C=O) groups is 1. The van der Waals surface area contributed by atoms with Crippen molar-refractivity contribution in [2.75, 3.05) is 14.1 Å². The van der Waals surface area contributed by atoms with Gasteiger partial charge in [0.2, 0.25) is 5.91 Å². The van der Waals surface area contributed by atoms with E-state index < -0.39 is 0 Å². The van der Waals surface area contributed by atoms with E-state index in [2.05, 4.69) is 19.2 Å². The molecule has 0 aromatic carbocycles. The van der Waals surface area contributed by atoms with Gasteiger partial charge in [0.15, 0.2) is 0 Å². The van der Waals surface area contributed by atoms with Crippen LogP contribution in [0.4, 0.5) is 0 Å². The molecule has 0 aromatic heterocycles. The molecular formula is C15H28N2O. The molecule has 0 aliphatic heterocycles. The molecule has 0 radical (unpaired) electrons. The molecule has 104 valence electrons. The number of rotatable bonds is 7. The van der Waals surface area contributed by atoms with Gasteiger partial charge in [-0.2, -0.15) is 0 Å². The van der Waals surface area contributed by atoms with Crippen molar-refractivity contribution in [2.24, 2.45) is 17.8 Å². The van der Waals surface area contributed by atoms with Crippen LogP contribution in [0.5, 0.6) is 0 Å². The van der Waals surface area contributed by atoms with Gasteiger partial charge in [-0.1, -0.05) is 13.8 Å². The van der Waals surface area contributed by atoms with Gasteiger partial charge >= 0.3 is 0 Å². The maximum Gasteiger partial charge on any atom is 0.239 e. The van der Waals surface area contributed by atoms with Gasteiger partial charge in [-0.3, -0.25) is 4.79 Å². The first-order valence-corrected chi connectivity index (χ1v) is 7.46. The Morgan fingerprint density at radius 2 is 1.67 bits per heavy atom. The van der Waals surface area contributed by atoms with Crippen molar-refractivity contribution in [1.29, 1.82) is 0 Å². The van der Waals surface area contributed by atoms with E-state index in [0.717, 1.165) is 18.3 Å². The summed E-state index contributed by atoms with van der Waals surface area (Å²) >= 11 is 0. The van der Waals surface area contributed by atoms with Crippen LogP contribution in [0.15, 0.2) is 0 Å². The number of likely N-dealkylation sites (N-methyl/N-ethyl adjacent to an activating group) is 1. The largest absolute Gasteiger partial charge is 0.347 e. The highest BCUT2D eigenvalue weighted by Crippen LogP contribution is 2.44. The summed E-state index contributed by atoms with van der Waals surface area (Å²) in [5.74, 6) is 2.50. The van der Waals surface area contributed by atoms with Gasteiger partial charge < -0.3 is 10.2 Å². The van der Waals surface area contributed by atoms with Gasteiger partial charge in [-0.05, 0) is 49.9 Å². The molecule has 2 fully saturated rings. The van der Waals surface area contributed by atoms with Crippen molar-refractivity contribution >= 4 is 5.91 Å². The molecule has 3 nitrogen and oxygen atoms in total. The van der Waals surface area contributed by atoms with E-state index >= 15 is 0 Å². The van der Waals surface area contributed by atoms with Crippen LogP contribution in [0, 0.1) is 17.8 Å². The predicted molar refractivity (Wildman–Crippen MR) is 74.3 cm³/mol. The summed E-state index contributed by atoms with van der Waals surface area (Å²) in [6.07, 6.45) is 6.39. The third kappa shape index (κ3) is 3.71. The Balaban J connectivity index is 1.96. The van der Waals surface area contributed by atoms with E-state index in [0.29, 0.717) is 12.0 Å². The van der Waals surface area contributed by atoms with E-state index in [1.807, 2.05) is 14.1 Å². The molecule has 2 rings (SSSR count). The average molecular weight is 252 g/mol. The van der Waals surface area contributed by atoms with E-state index in [-0.39, 0.29) is 11.9 Å². The number of nitrogens with one attached hydrogen (secondary N) is 1. The molecule has 2 aliphatic carbocycles. The van der Waals surface area contributed by atoms with E-state index in [1.54, 1.807) is 4.90 Å². The molecular weight excluding hydrogens is 224 g/mol. The van der Waals surface area contributed by atoms with Crippen LogP contribution < -0.4 is 5.32 Å². The average Bonchev–Trinajstić information content (AvgIpc) is 3.15. The lowest BCUT2D eigenvalue weighted by Crippen LogP contribution is -2.50. The monoisotopic (exact) mass is 252 g/mol. The van der Waals surface area contributed by atoms with Gasteiger partial charge in [0, 0.05) is 20.1 Å². The molecule has 3 heteroatoms. The number of hydrogen-bond donors (Lipinski definition) is 1. The molecule has 0 saturated heterocycles. The van der Waals surface area contributed by atoms with Crippen molar-refractivity contribution in [1.82, 2.24) is 10.2 Å². The first kappa shape index (κ1) is 13.9. The minimum atomic E-state index is 0.0196. The summed E-state index contributed by atoms with van der Waals surface area (Å²) in [6, 6.07) is 0.629. The van der Waals surface area contributed by atoms with Gasteiger partial charge in [0.1, 0.15) is 0 Å². The summed E-state index contributed by atoms with van der Waals surface area (Å²) in [7, 11) is 3.72. The normalized spacial score (nSPS) is 21.4. The van der Waals surface area contributed by atoms with Crippen molar-refractivity contribution in [3.05, 3.63) is 0 Å². The first-order valence-electron chi connectivity index (χ1n) is 7.46. The van der Waals surface area contributed by atoms with Crippen LogP contribution >= 0.6 is 0 Å². The Hall–Kier alpha value is -0.570. The highest BCUT2D eigenvalue weighted by Gasteiger charge is 2.43. The summed E-state index contributed by atoms with van der Waals surface area (Å²) in [4.78, 5) is 14.0. The molecule has 2 aliphatic rings. The number of nitrogens with zero attached hydrogens (tertiary/aromatic N) is 1. The van der Waals surface area contributed by atoms with Gasteiger partial charge in [0.05, 0.1) is 6.04 Å². The van der Waals surface area contributed by atoms with Crippen LogP contribution in [0.1, 0.15) is 46.0 Å². The molecule has 0 bridgehead atoms. The molecule has 0 heterocycles. The maximum atomic E-state index is 12.3. The van der Waals surface area contributed by atoms with Gasteiger partial charge in [-0.25, -0.2) is 0 Å². The lowest BCUT2D eigenvalue weighted by Gasteiger charge is -2.28. The van der Waals surface area contributed by atoms with Crippen LogP contribution in [0.3, 0.4) is 0 Å². The summed E-state index contributed by atoms with van der Waals surface area (Å²) in [5.41, 5.74) is 0. The molecule has 1 unspecified atom stereocenters. The lowest BCUT2D eigenvalue weighted by molar-refractivity contribution is -0.131. The third-order valence-electron chi connectivity index (χ3n) is 4.10. The van der Waals surface area contributed by atoms with Crippen molar-refractivity contribution in [3.63, 3.8) is 0 Å². The van der Waals surface area contributed by atoms with Crippen LogP contribution in [-0.2, 0) is 4.79 Å². The number of carbonyl (C=O) groups excluding carboxylic acids is 1. The second-order valence-corrected chi connectivity index (χ2v) is 6.78. The summed E-state index contributed by atoms with van der Waals surface area (Å²) < 4.78 is 0. The quantitative estimate of drug-likeness (QED) is 0.754. The molecule has 1 amide bonds. The van der Waals surface area contributed by atoms with Crippen LogP contribution in [0.2, 0.25) is 0 Å². The van der Waals surface area contributed by atoms with Gasteiger partial charge in [0.25, 0.3) is 0 Å². The maximum absolute atomic E-state index is 12.3. The minimum absolute atomic E-state index is 0.0196. The predicted octanol–water partition coefficient (Wildman–Crippen LogP) is 2.27. The molecule has 18 heavy (non-hydrogen) atoms. The summed E-state index contributed by atoms with van der Waals surface area (Å²) in [6.45, 7) is 4.39. The van der Waals surface area contributed by atoms with E-state index in [1.165, 1.54) is 25.7 Å². The fourth-order valence-corrected chi connectivity index (χ4v) is 2.82. The fourth-order valence-electron chi connectivity index (χ4n) is 2.82. The highest BCUT2D eigenvalue weighted by molar-refractivity contribution is 5.81. The number of amides is 1. The van der Waals surface area contributed by atoms with Crippen molar-refractivity contribution < 1.29 is 4.79 Å². The SMILES string of the molecule is CC(C)CC(NC(C1CC1)C1CC1)C(=O)N(C)C. The minimum Gasteiger partial charge on any atom is -0.347 e. The molecule has 0 aromatic rings. The molecule has 2 saturated carbocycles. The van der Waals surface area contributed by atoms with Crippen molar-refractivity contribution in [3.8, 4) is 0 Å². The topological polar surface area (TPSA) is 32.3 Å². The highest BCUT2D eigenvalue weighted by atomic mass is 16.2. The number of hydrogen-bond acceptors (Lipinski definition) is 2. The Bertz CT molecular complexity index is 281. The lowest BCUT2D eigenvalue weighted by atomic mass is 9.99. The smallest absolute Gasteiger partial charge is 0.239 e. The zero-order valence-corrected chi connectivity index (χ0v) is 12.3. The zero-order chi connectivity index (χ0) is 13.3. The first-order chi connectivity index (χ1) is 8.49. The summed E-state index contributed by atoms with van der Waals surface area (Å²) in [5, 5.41) is 3.70. The standard InChI is InChI=1S/C15H28N2O/c1-10(2)9-13(15(18)17(3)4)16-14(11-5-6-11)12-7-8-12/h10-14,16H,5-9H2,1-4H3. The van der Waals surface area contributed by atoms with Crippen LogP contribution in [-0.4, -0.2) is 37.0 Å². The van der Waals surface area contributed by atoms with E-state index in [9.17, 15) is 4.79 Å². The second-order valence-electron chi connectivity index (χ2n) is 6.78. The second kappa shape index (κ2) is 5.60. The Morgan fingerprint density at radius 1 is 1.17 bits per heavy atom. The Labute approximate surface area is 111 Å².